The van der Waals surface area contributed by atoms with Gasteiger partial charge in [-0.1, -0.05) is 44.2 Å². The fourth-order valence-corrected chi connectivity index (χ4v) is 5.38. The molecule has 0 bridgehead atoms. The van der Waals surface area contributed by atoms with Gasteiger partial charge in [0.2, 0.25) is 0 Å². The van der Waals surface area contributed by atoms with E-state index in [9.17, 15) is 14.7 Å². The molecule has 9 nitrogen and oxygen atoms in total. The van der Waals surface area contributed by atoms with E-state index in [-0.39, 0.29) is 31.0 Å². The number of H-pyrrole nitrogens is 1. The van der Waals surface area contributed by atoms with E-state index < -0.39 is 6.10 Å². The zero-order valence-electron chi connectivity index (χ0n) is 24.3. The second-order valence-corrected chi connectivity index (χ2v) is 10.3. The van der Waals surface area contributed by atoms with Crippen molar-refractivity contribution in [1.82, 2.24) is 20.5 Å². The smallest absolute Gasteiger partial charge is 0.256 e. The van der Waals surface area contributed by atoms with E-state index in [1.165, 1.54) is 0 Å². The molecule has 2 unspecified atom stereocenters. The van der Waals surface area contributed by atoms with Gasteiger partial charge in [-0.2, -0.15) is 0 Å². The molecule has 0 radical (unpaired) electrons. The molecule has 2 heterocycles. The number of carbonyl (C=O) groups excluding carboxylic acids is 2. The highest BCUT2D eigenvalue weighted by Gasteiger charge is 2.28. The molecule has 0 saturated heterocycles. The highest BCUT2D eigenvalue weighted by molar-refractivity contribution is 6.35. The number of aliphatic hydroxyl groups excluding tert-OH is 2. The predicted molar refractivity (Wildman–Crippen MR) is 164 cm³/mol. The highest BCUT2D eigenvalue weighted by atomic mass is 16.3. The molecular formula is C32H41N5O4. The van der Waals surface area contributed by atoms with Crippen molar-refractivity contribution in [3.63, 3.8) is 0 Å². The van der Waals surface area contributed by atoms with Crippen molar-refractivity contribution in [2.45, 2.75) is 39.8 Å². The van der Waals surface area contributed by atoms with Crippen molar-refractivity contribution < 1.29 is 19.8 Å². The number of aryl methyl sites for hydroxylation is 1. The van der Waals surface area contributed by atoms with Crippen LogP contribution in [0.3, 0.4) is 0 Å². The molecule has 0 spiro atoms. The molecule has 218 valence electrons. The Kier molecular flexibility index (Phi) is 10.1. The first-order valence-electron chi connectivity index (χ1n) is 14.2. The fourth-order valence-electron chi connectivity index (χ4n) is 5.38. The standard InChI is InChI=1S/C32H41N5O4/c1-5-37(6-2)19-24(39)18-34-20(3)29-21(4)35-28(30(29)22-10-8-7-9-11-22)17-26-25-16-23(31(40)33-14-15-38)12-13-27(25)36-32(26)41/h7-13,16-17,20,24,34-35,38-39H,5-6,14-15,18-19H2,1-4H3,(H,33,40)(H,36,41). The second kappa shape index (κ2) is 13.7. The maximum absolute atomic E-state index is 13.1. The number of hydrogen-bond acceptors (Lipinski definition) is 6. The Morgan fingerprint density at radius 2 is 1.85 bits per heavy atom. The summed E-state index contributed by atoms with van der Waals surface area (Å²) >= 11 is 0. The minimum atomic E-state index is -0.499. The molecule has 1 aliphatic heterocycles. The Hall–Kier alpha value is -3.76. The van der Waals surface area contributed by atoms with Gasteiger partial charge in [-0.25, -0.2) is 0 Å². The van der Waals surface area contributed by atoms with E-state index >= 15 is 0 Å². The van der Waals surface area contributed by atoms with Crippen LogP contribution in [-0.2, 0) is 4.79 Å². The first-order chi connectivity index (χ1) is 19.8. The van der Waals surface area contributed by atoms with Gasteiger partial charge in [0, 0.05) is 59.4 Å². The van der Waals surface area contributed by atoms with E-state index in [0.29, 0.717) is 35.5 Å². The number of likely N-dealkylation sites (N-methyl/N-ethyl adjacent to an activating group) is 1. The van der Waals surface area contributed by atoms with Gasteiger partial charge in [-0.05, 0) is 62.3 Å². The first kappa shape index (κ1) is 30.2. The number of anilines is 1. The van der Waals surface area contributed by atoms with Crippen LogP contribution >= 0.6 is 0 Å². The van der Waals surface area contributed by atoms with Gasteiger partial charge in [0.25, 0.3) is 11.8 Å². The Bertz CT molecular complexity index is 1390. The number of nitrogens with zero attached hydrogens (tertiary/aromatic N) is 1. The van der Waals surface area contributed by atoms with Crippen LogP contribution in [0.2, 0.25) is 0 Å². The van der Waals surface area contributed by atoms with Gasteiger partial charge in [0.15, 0.2) is 0 Å². The van der Waals surface area contributed by atoms with Crippen LogP contribution in [0, 0.1) is 6.92 Å². The number of aromatic nitrogens is 1. The zero-order valence-corrected chi connectivity index (χ0v) is 24.3. The lowest BCUT2D eigenvalue weighted by molar-refractivity contribution is -0.110. The number of hydrogen-bond donors (Lipinski definition) is 6. The summed E-state index contributed by atoms with van der Waals surface area (Å²) < 4.78 is 0. The molecule has 2 amide bonds. The third-order valence-corrected chi connectivity index (χ3v) is 7.53. The number of carbonyl (C=O) groups is 2. The summed E-state index contributed by atoms with van der Waals surface area (Å²) in [6.45, 7) is 11.1. The van der Waals surface area contributed by atoms with E-state index in [4.69, 9.17) is 5.11 Å². The topological polar surface area (TPSA) is 130 Å². The predicted octanol–water partition coefficient (Wildman–Crippen LogP) is 3.56. The van der Waals surface area contributed by atoms with Crippen molar-refractivity contribution in [2.24, 2.45) is 0 Å². The second-order valence-electron chi connectivity index (χ2n) is 10.3. The molecule has 0 saturated carbocycles. The van der Waals surface area contributed by atoms with Crippen molar-refractivity contribution in [2.75, 3.05) is 44.6 Å². The first-order valence-corrected chi connectivity index (χ1v) is 14.2. The lowest BCUT2D eigenvalue weighted by Gasteiger charge is -2.24. The van der Waals surface area contributed by atoms with Crippen LogP contribution in [0.4, 0.5) is 5.69 Å². The molecule has 6 N–H and O–H groups in total. The van der Waals surface area contributed by atoms with Gasteiger partial charge < -0.3 is 36.0 Å². The molecule has 0 aliphatic carbocycles. The maximum atomic E-state index is 13.1. The average Bonchev–Trinajstić information content (AvgIpc) is 3.48. The van der Waals surface area contributed by atoms with Gasteiger partial charge in [-0.15, -0.1) is 0 Å². The number of nitrogens with one attached hydrogen (secondary N) is 4. The monoisotopic (exact) mass is 559 g/mol. The van der Waals surface area contributed by atoms with Crippen LogP contribution in [0.25, 0.3) is 22.8 Å². The van der Waals surface area contributed by atoms with Crippen LogP contribution < -0.4 is 16.0 Å². The SMILES string of the molecule is CCN(CC)CC(O)CNC(C)c1c(C)[nH]c(C=C2C(=O)Nc3ccc(C(=O)NCCO)cc32)c1-c1ccccc1. The molecule has 0 fully saturated rings. The van der Waals surface area contributed by atoms with E-state index in [0.717, 1.165) is 41.2 Å². The quantitative estimate of drug-likeness (QED) is 0.178. The van der Waals surface area contributed by atoms with Crippen LogP contribution in [0.1, 0.15) is 59.7 Å². The summed E-state index contributed by atoms with van der Waals surface area (Å²) in [4.78, 5) is 31.3. The minimum absolute atomic E-state index is 0.0773. The Morgan fingerprint density at radius 1 is 1.12 bits per heavy atom. The zero-order chi connectivity index (χ0) is 29.5. The van der Waals surface area contributed by atoms with Crippen LogP contribution in [-0.4, -0.2) is 77.3 Å². The normalized spacial score (nSPS) is 15.2. The Balaban J connectivity index is 1.70. The molecule has 9 heteroatoms. The number of fused-ring (bicyclic) bond motifs is 1. The van der Waals surface area contributed by atoms with Gasteiger partial charge in [0.1, 0.15) is 0 Å². The maximum Gasteiger partial charge on any atom is 0.256 e. The Labute approximate surface area is 241 Å². The molecule has 3 aromatic rings. The third kappa shape index (κ3) is 6.94. The number of aromatic amines is 1. The van der Waals surface area contributed by atoms with Crippen molar-refractivity contribution in [3.8, 4) is 11.1 Å². The number of aliphatic hydroxyl groups is 2. The van der Waals surface area contributed by atoms with Crippen molar-refractivity contribution in [1.29, 1.82) is 0 Å². The number of benzene rings is 2. The fraction of sp³-hybridized carbons (Fsp3) is 0.375. The van der Waals surface area contributed by atoms with Gasteiger partial charge >= 0.3 is 0 Å². The summed E-state index contributed by atoms with van der Waals surface area (Å²) in [6.07, 6.45) is 1.35. The van der Waals surface area contributed by atoms with Crippen LogP contribution in [0.15, 0.2) is 48.5 Å². The molecule has 41 heavy (non-hydrogen) atoms. The van der Waals surface area contributed by atoms with Gasteiger partial charge in [0.05, 0.1) is 18.3 Å². The molecule has 4 rings (SSSR count). The molecule has 2 aromatic carbocycles. The summed E-state index contributed by atoms with van der Waals surface area (Å²) in [5.74, 6) is -0.557. The number of amides is 2. The molecule has 2 atom stereocenters. The summed E-state index contributed by atoms with van der Waals surface area (Å²) in [6, 6.07) is 15.0. The summed E-state index contributed by atoms with van der Waals surface area (Å²) in [7, 11) is 0. The van der Waals surface area contributed by atoms with E-state index in [1.807, 2.05) is 43.3 Å². The van der Waals surface area contributed by atoms with Gasteiger partial charge in [-0.3, -0.25) is 9.59 Å². The Morgan fingerprint density at radius 3 is 2.54 bits per heavy atom. The molecule has 1 aliphatic rings. The largest absolute Gasteiger partial charge is 0.395 e. The third-order valence-electron chi connectivity index (χ3n) is 7.53. The van der Waals surface area contributed by atoms with Crippen molar-refractivity contribution >= 4 is 29.2 Å². The summed E-state index contributed by atoms with van der Waals surface area (Å²) in [5.41, 5.74) is 6.95. The molecular weight excluding hydrogens is 518 g/mol. The van der Waals surface area contributed by atoms with Crippen molar-refractivity contribution in [3.05, 3.63) is 76.6 Å². The average molecular weight is 560 g/mol. The van der Waals surface area contributed by atoms with E-state index in [2.05, 4.69) is 46.6 Å². The highest BCUT2D eigenvalue weighted by Crippen LogP contribution is 2.39. The number of rotatable bonds is 13. The lowest BCUT2D eigenvalue weighted by Crippen LogP contribution is -2.39. The van der Waals surface area contributed by atoms with E-state index in [1.54, 1.807) is 18.2 Å². The molecule has 1 aromatic heterocycles. The summed E-state index contributed by atoms with van der Waals surface area (Å²) in [5, 5.41) is 28.8. The lowest BCUT2D eigenvalue weighted by atomic mass is 9.94. The minimum Gasteiger partial charge on any atom is -0.395 e. The van der Waals surface area contributed by atoms with Crippen LogP contribution in [0.5, 0.6) is 0 Å².